The zero-order chi connectivity index (χ0) is 15.9. The normalized spacial score (nSPS) is 11.5. The van der Waals surface area contributed by atoms with Gasteiger partial charge in [0.05, 0.1) is 4.92 Å². The smallest absolute Gasteiger partial charge is 0.289 e. The van der Waals surface area contributed by atoms with Crippen LogP contribution in [0.2, 0.25) is 0 Å². The molecule has 1 aromatic carbocycles. The Bertz CT molecular complexity index is 590. The van der Waals surface area contributed by atoms with Crippen LogP contribution in [-0.4, -0.2) is 31.9 Å². The molecule has 0 aliphatic rings. The lowest BCUT2D eigenvalue weighted by molar-refractivity contribution is -0.387. The number of sulfonamides is 1. The Morgan fingerprint density at radius 3 is 2.67 bits per heavy atom. The lowest BCUT2D eigenvalue weighted by Gasteiger charge is -2.08. The third kappa shape index (κ3) is 5.52. The second kappa shape index (κ2) is 8.20. The fourth-order valence-electron chi connectivity index (χ4n) is 1.73. The Kier molecular flexibility index (Phi) is 6.93. The Balaban J connectivity index is 2.74. The van der Waals surface area contributed by atoms with Crippen molar-refractivity contribution in [1.82, 2.24) is 4.72 Å². The summed E-state index contributed by atoms with van der Waals surface area (Å²) in [6.45, 7) is 0.253. The predicted molar refractivity (Wildman–Crippen MR) is 84.9 cm³/mol. The topological polar surface area (TPSA) is 115 Å². The highest BCUT2D eigenvalue weighted by molar-refractivity contribution is 7.98. The molecule has 9 heteroatoms. The van der Waals surface area contributed by atoms with Crippen LogP contribution in [0.25, 0.3) is 0 Å². The molecule has 118 valence electrons. The average molecular weight is 333 g/mol. The van der Waals surface area contributed by atoms with Gasteiger partial charge in [-0.05, 0) is 37.0 Å². The van der Waals surface area contributed by atoms with Crippen molar-refractivity contribution in [2.24, 2.45) is 0 Å². The van der Waals surface area contributed by atoms with E-state index in [1.165, 1.54) is 6.07 Å². The quantitative estimate of drug-likeness (QED) is 0.309. The van der Waals surface area contributed by atoms with Gasteiger partial charge in [-0.3, -0.25) is 10.1 Å². The molecule has 0 aromatic heterocycles. The number of nitrogens with two attached hydrogens (primary N) is 1. The maximum atomic E-state index is 12.1. The van der Waals surface area contributed by atoms with Gasteiger partial charge in [0.15, 0.2) is 4.90 Å². The van der Waals surface area contributed by atoms with E-state index in [1.54, 1.807) is 11.8 Å². The van der Waals surface area contributed by atoms with Crippen molar-refractivity contribution in [3.8, 4) is 0 Å². The first-order valence-electron chi connectivity index (χ1n) is 6.41. The fourth-order valence-corrected chi connectivity index (χ4v) is 3.50. The first kappa shape index (κ1) is 17.7. The van der Waals surface area contributed by atoms with E-state index in [0.29, 0.717) is 6.42 Å². The lowest BCUT2D eigenvalue weighted by Crippen LogP contribution is -2.25. The third-order valence-electron chi connectivity index (χ3n) is 2.79. The lowest BCUT2D eigenvalue weighted by atomic mass is 10.2. The van der Waals surface area contributed by atoms with E-state index >= 15 is 0 Å². The molecule has 0 saturated heterocycles. The summed E-state index contributed by atoms with van der Waals surface area (Å²) in [5.74, 6) is 1.04. The van der Waals surface area contributed by atoms with Gasteiger partial charge in [0.25, 0.3) is 5.69 Å². The summed E-state index contributed by atoms with van der Waals surface area (Å²) < 4.78 is 26.6. The van der Waals surface area contributed by atoms with E-state index in [-0.39, 0.29) is 12.2 Å². The van der Waals surface area contributed by atoms with Gasteiger partial charge < -0.3 is 5.73 Å². The minimum absolute atomic E-state index is 0.168. The van der Waals surface area contributed by atoms with Gasteiger partial charge >= 0.3 is 0 Å². The molecule has 0 heterocycles. The zero-order valence-corrected chi connectivity index (χ0v) is 13.4. The van der Waals surface area contributed by atoms with E-state index < -0.39 is 25.5 Å². The molecular weight excluding hydrogens is 314 g/mol. The average Bonchev–Trinajstić information content (AvgIpc) is 2.42. The molecule has 0 atom stereocenters. The monoisotopic (exact) mass is 333 g/mol. The second-order valence-corrected chi connectivity index (χ2v) is 7.16. The van der Waals surface area contributed by atoms with Crippen molar-refractivity contribution in [2.45, 2.75) is 24.2 Å². The van der Waals surface area contributed by atoms with Crippen molar-refractivity contribution >= 4 is 33.2 Å². The number of nitro benzene ring substituents is 1. The van der Waals surface area contributed by atoms with Crippen molar-refractivity contribution < 1.29 is 13.3 Å². The standard InChI is InChI=1S/C12H19N3O4S2/c1-20-8-4-2-3-7-14-21(18,19)12-9-10(13)5-6-11(12)15(16)17/h5-6,9,14H,2-4,7-8,13H2,1H3. The van der Waals surface area contributed by atoms with Gasteiger partial charge in [-0.15, -0.1) is 0 Å². The van der Waals surface area contributed by atoms with Crippen LogP contribution in [0.4, 0.5) is 11.4 Å². The highest BCUT2D eigenvalue weighted by Crippen LogP contribution is 2.25. The first-order valence-corrected chi connectivity index (χ1v) is 9.28. The largest absolute Gasteiger partial charge is 0.399 e. The van der Waals surface area contributed by atoms with Gasteiger partial charge in [0.2, 0.25) is 10.0 Å². The molecule has 1 rings (SSSR count). The molecule has 0 bridgehead atoms. The van der Waals surface area contributed by atoms with Gasteiger partial charge in [0, 0.05) is 18.3 Å². The maximum absolute atomic E-state index is 12.1. The molecule has 21 heavy (non-hydrogen) atoms. The van der Waals surface area contributed by atoms with Crippen molar-refractivity contribution in [1.29, 1.82) is 0 Å². The summed E-state index contributed by atoms with van der Waals surface area (Å²) in [6, 6.07) is 3.51. The number of nitrogens with one attached hydrogen (secondary N) is 1. The summed E-state index contributed by atoms with van der Waals surface area (Å²) in [7, 11) is -3.93. The van der Waals surface area contributed by atoms with E-state index in [0.717, 1.165) is 30.7 Å². The van der Waals surface area contributed by atoms with Crippen LogP contribution < -0.4 is 10.5 Å². The number of nitro groups is 1. The fraction of sp³-hybridized carbons (Fsp3) is 0.500. The van der Waals surface area contributed by atoms with E-state index in [1.807, 2.05) is 6.26 Å². The molecule has 0 amide bonds. The Morgan fingerprint density at radius 2 is 2.05 bits per heavy atom. The van der Waals surface area contributed by atoms with Gasteiger partial charge in [-0.25, -0.2) is 13.1 Å². The number of thioether (sulfide) groups is 1. The van der Waals surface area contributed by atoms with Gasteiger partial charge in [0.1, 0.15) is 0 Å². The molecule has 0 spiro atoms. The second-order valence-electron chi connectivity index (χ2n) is 4.44. The molecular formula is C12H19N3O4S2. The van der Waals surface area contributed by atoms with Crippen LogP contribution in [-0.2, 0) is 10.0 Å². The Hall–Kier alpha value is -1.32. The molecule has 0 radical (unpaired) electrons. The number of rotatable bonds is 9. The molecule has 0 aliphatic carbocycles. The molecule has 0 saturated carbocycles. The molecule has 7 nitrogen and oxygen atoms in total. The SMILES string of the molecule is CSCCCCCNS(=O)(=O)c1cc(N)ccc1[N+](=O)[O-]. The summed E-state index contributed by atoms with van der Waals surface area (Å²) in [5.41, 5.74) is 5.21. The molecule has 0 fully saturated rings. The van der Waals surface area contributed by atoms with E-state index in [4.69, 9.17) is 5.73 Å². The summed E-state index contributed by atoms with van der Waals surface area (Å²) >= 11 is 1.74. The summed E-state index contributed by atoms with van der Waals surface area (Å²) in [5, 5.41) is 10.9. The number of hydrogen-bond donors (Lipinski definition) is 2. The van der Waals surface area contributed by atoms with Crippen LogP contribution in [0.1, 0.15) is 19.3 Å². The van der Waals surface area contributed by atoms with Gasteiger partial charge in [-0.1, -0.05) is 6.42 Å². The number of benzene rings is 1. The van der Waals surface area contributed by atoms with E-state index in [9.17, 15) is 18.5 Å². The molecule has 0 unspecified atom stereocenters. The Labute approximate surface area is 128 Å². The summed E-state index contributed by atoms with van der Waals surface area (Å²) in [4.78, 5) is 9.78. The van der Waals surface area contributed by atoms with Crippen molar-refractivity contribution in [2.75, 3.05) is 24.3 Å². The molecule has 3 N–H and O–H groups in total. The van der Waals surface area contributed by atoms with Crippen LogP contribution in [0.15, 0.2) is 23.1 Å². The minimum Gasteiger partial charge on any atom is -0.399 e. The van der Waals surface area contributed by atoms with Crippen LogP contribution in [0.5, 0.6) is 0 Å². The maximum Gasteiger partial charge on any atom is 0.289 e. The number of hydrogen-bond acceptors (Lipinski definition) is 6. The van der Waals surface area contributed by atoms with Crippen molar-refractivity contribution in [3.63, 3.8) is 0 Å². The van der Waals surface area contributed by atoms with Crippen LogP contribution in [0.3, 0.4) is 0 Å². The molecule has 0 aliphatic heterocycles. The van der Waals surface area contributed by atoms with E-state index in [2.05, 4.69) is 4.72 Å². The van der Waals surface area contributed by atoms with Crippen molar-refractivity contribution in [3.05, 3.63) is 28.3 Å². The third-order valence-corrected chi connectivity index (χ3v) is 4.97. The first-order chi connectivity index (χ1) is 9.88. The highest BCUT2D eigenvalue weighted by Gasteiger charge is 2.25. The van der Waals surface area contributed by atoms with Crippen LogP contribution in [0, 0.1) is 10.1 Å². The van der Waals surface area contributed by atoms with Gasteiger partial charge in [-0.2, -0.15) is 11.8 Å². The minimum atomic E-state index is -3.93. The predicted octanol–water partition coefficient (Wildman–Crippen LogP) is 1.99. The zero-order valence-electron chi connectivity index (χ0n) is 11.7. The Morgan fingerprint density at radius 1 is 1.33 bits per heavy atom. The molecule has 1 aromatic rings. The summed E-state index contributed by atoms with van der Waals surface area (Å²) in [6.07, 6.45) is 4.63. The number of unbranched alkanes of at least 4 members (excludes halogenated alkanes) is 2. The van der Waals surface area contributed by atoms with Crippen LogP contribution >= 0.6 is 11.8 Å². The number of anilines is 1. The number of nitrogens with zero attached hydrogens (tertiary/aromatic N) is 1. The highest BCUT2D eigenvalue weighted by atomic mass is 32.2. The number of nitrogen functional groups attached to an aromatic ring is 1.